The van der Waals surface area contributed by atoms with Crippen LogP contribution in [0.4, 0.5) is 5.69 Å². The number of aryl methyl sites for hydroxylation is 2. The predicted molar refractivity (Wildman–Crippen MR) is 89.0 cm³/mol. The van der Waals surface area contributed by atoms with Crippen LogP contribution in [0.1, 0.15) is 21.9 Å². The smallest absolute Gasteiger partial charge is 0.273 e. The molecule has 3 aromatic rings. The molecule has 3 aromatic heterocycles. The Morgan fingerprint density at radius 1 is 1.33 bits per heavy atom. The van der Waals surface area contributed by atoms with E-state index in [1.165, 1.54) is 13.3 Å². The van der Waals surface area contributed by atoms with E-state index in [9.17, 15) is 4.79 Å². The molecule has 3 heterocycles. The van der Waals surface area contributed by atoms with Crippen LogP contribution in [0.3, 0.4) is 0 Å². The van der Waals surface area contributed by atoms with Crippen LogP contribution in [0.15, 0.2) is 24.4 Å². The van der Waals surface area contributed by atoms with Crippen molar-refractivity contribution in [1.29, 1.82) is 0 Å². The number of H-pyrrole nitrogens is 1. The molecule has 0 fully saturated rings. The first-order valence-electron chi connectivity index (χ1n) is 7.37. The number of anilines is 1. The lowest BCUT2D eigenvalue weighted by Crippen LogP contribution is -2.12. The molecule has 0 radical (unpaired) electrons. The van der Waals surface area contributed by atoms with Crippen LogP contribution in [-0.2, 0) is 7.05 Å². The van der Waals surface area contributed by atoms with Gasteiger partial charge in [-0.05, 0) is 26.0 Å². The van der Waals surface area contributed by atoms with Gasteiger partial charge in [-0.1, -0.05) is 0 Å². The predicted octanol–water partition coefficient (Wildman–Crippen LogP) is 2.08. The molecule has 0 spiro atoms. The van der Waals surface area contributed by atoms with E-state index in [1.807, 2.05) is 20.9 Å². The maximum absolute atomic E-state index is 12.3. The number of hydrogen-bond acceptors (Lipinski definition) is 5. The second kappa shape index (κ2) is 6.15. The molecule has 0 saturated carbocycles. The van der Waals surface area contributed by atoms with Crippen molar-refractivity contribution in [2.24, 2.45) is 7.05 Å². The molecule has 1 amide bonds. The highest BCUT2D eigenvalue weighted by atomic mass is 16.5. The van der Waals surface area contributed by atoms with Crippen LogP contribution >= 0.6 is 0 Å². The maximum atomic E-state index is 12.3. The third-order valence-electron chi connectivity index (χ3n) is 3.79. The minimum atomic E-state index is -0.292. The Bertz CT molecular complexity index is 879. The summed E-state index contributed by atoms with van der Waals surface area (Å²) in [5, 5.41) is 14.1. The molecule has 0 saturated heterocycles. The van der Waals surface area contributed by atoms with Gasteiger partial charge in [-0.3, -0.25) is 14.6 Å². The van der Waals surface area contributed by atoms with Crippen molar-refractivity contribution in [2.75, 3.05) is 12.4 Å². The standard InChI is InChI=1S/C16H18N6O2/c1-9-15(10(2)22(3)21-9)12-7-13(20-19-12)16(23)18-11-5-6-14(24-4)17-8-11/h5-8H,1-4H3,(H,18,23)(H,19,20). The lowest BCUT2D eigenvalue weighted by molar-refractivity contribution is 0.102. The van der Waals surface area contributed by atoms with Crippen molar-refractivity contribution in [1.82, 2.24) is 25.0 Å². The fourth-order valence-corrected chi connectivity index (χ4v) is 2.48. The molecule has 2 N–H and O–H groups in total. The largest absolute Gasteiger partial charge is 0.481 e. The maximum Gasteiger partial charge on any atom is 0.273 e. The lowest BCUT2D eigenvalue weighted by atomic mass is 10.1. The van der Waals surface area contributed by atoms with Gasteiger partial charge < -0.3 is 10.1 Å². The normalized spacial score (nSPS) is 10.7. The summed E-state index contributed by atoms with van der Waals surface area (Å²) in [6.45, 7) is 3.88. The molecular weight excluding hydrogens is 308 g/mol. The van der Waals surface area contributed by atoms with Crippen LogP contribution in [0, 0.1) is 13.8 Å². The van der Waals surface area contributed by atoms with Gasteiger partial charge in [0.2, 0.25) is 5.88 Å². The number of amides is 1. The first-order chi connectivity index (χ1) is 11.5. The summed E-state index contributed by atoms with van der Waals surface area (Å²) in [6.07, 6.45) is 1.53. The first-order valence-corrected chi connectivity index (χ1v) is 7.37. The zero-order valence-corrected chi connectivity index (χ0v) is 13.9. The van der Waals surface area contributed by atoms with Crippen LogP contribution in [-0.4, -0.2) is 38.0 Å². The number of rotatable bonds is 4. The van der Waals surface area contributed by atoms with Crippen LogP contribution in [0.5, 0.6) is 5.88 Å². The highest BCUT2D eigenvalue weighted by Crippen LogP contribution is 2.25. The van der Waals surface area contributed by atoms with Gasteiger partial charge in [0.05, 0.1) is 30.4 Å². The SMILES string of the molecule is COc1ccc(NC(=O)c2cc(-c3c(C)nn(C)c3C)n[nH]2)cn1. The van der Waals surface area contributed by atoms with Gasteiger partial charge in [-0.2, -0.15) is 10.2 Å². The van der Waals surface area contributed by atoms with Gasteiger partial charge in [0.25, 0.3) is 5.91 Å². The first kappa shape index (κ1) is 15.7. The van der Waals surface area contributed by atoms with Crippen LogP contribution in [0.25, 0.3) is 11.3 Å². The molecule has 8 heteroatoms. The Labute approximate surface area is 138 Å². The summed E-state index contributed by atoms with van der Waals surface area (Å²) in [6, 6.07) is 5.11. The minimum absolute atomic E-state index is 0.292. The second-order valence-electron chi connectivity index (χ2n) is 5.38. The number of carbonyl (C=O) groups excluding carboxylic acids is 1. The summed E-state index contributed by atoms with van der Waals surface area (Å²) in [7, 11) is 3.41. The van der Waals surface area contributed by atoms with E-state index in [1.54, 1.807) is 22.9 Å². The number of aromatic amines is 1. The molecule has 0 aliphatic rings. The van der Waals surface area contributed by atoms with Crippen molar-refractivity contribution in [3.05, 3.63) is 41.5 Å². The average molecular weight is 326 g/mol. The zero-order valence-electron chi connectivity index (χ0n) is 13.9. The number of nitrogens with one attached hydrogen (secondary N) is 2. The van der Waals surface area contributed by atoms with E-state index in [2.05, 4.69) is 25.6 Å². The summed E-state index contributed by atoms with van der Waals surface area (Å²) in [4.78, 5) is 16.4. The number of methoxy groups -OCH3 is 1. The topological polar surface area (TPSA) is 97.7 Å². The van der Waals surface area contributed by atoms with E-state index < -0.39 is 0 Å². The highest BCUT2D eigenvalue weighted by molar-refractivity contribution is 6.03. The quantitative estimate of drug-likeness (QED) is 0.765. The van der Waals surface area contributed by atoms with Crippen molar-refractivity contribution >= 4 is 11.6 Å². The molecule has 0 atom stereocenters. The fourth-order valence-electron chi connectivity index (χ4n) is 2.48. The van der Waals surface area contributed by atoms with Gasteiger partial charge in [0.1, 0.15) is 5.69 Å². The van der Waals surface area contributed by atoms with Crippen molar-refractivity contribution in [2.45, 2.75) is 13.8 Å². The Kier molecular flexibility index (Phi) is 4.03. The summed E-state index contributed by atoms with van der Waals surface area (Å²) >= 11 is 0. The summed E-state index contributed by atoms with van der Waals surface area (Å²) in [5.74, 6) is 0.194. The molecule has 0 bridgehead atoms. The molecule has 8 nitrogen and oxygen atoms in total. The van der Waals surface area contributed by atoms with E-state index in [0.29, 0.717) is 23.0 Å². The molecule has 124 valence electrons. The number of ether oxygens (including phenoxy) is 1. The van der Waals surface area contributed by atoms with Gasteiger partial charge >= 0.3 is 0 Å². The Morgan fingerprint density at radius 3 is 2.71 bits per heavy atom. The molecule has 24 heavy (non-hydrogen) atoms. The second-order valence-corrected chi connectivity index (χ2v) is 5.38. The van der Waals surface area contributed by atoms with E-state index >= 15 is 0 Å². The molecular formula is C16H18N6O2. The van der Waals surface area contributed by atoms with Gasteiger partial charge in [-0.25, -0.2) is 4.98 Å². The van der Waals surface area contributed by atoms with Gasteiger partial charge in [0, 0.05) is 24.4 Å². The molecule has 3 rings (SSSR count). The molecule has 0 aromatic carbocycles. The molecule has 0 unspecified atom stereocenters. The number of nitrogens with zero attached hydrogens (tertiary/aromatic N) is 4. The fraction of sp³-hybridized carbons (Fsp3) is 0.250. The summed E-state index contributed by atoms with van der Waals surface area (Å²) in [5.41, 5.74) is 4.42. The highest BCUT2D eigenvalue weighted by Gasteiger charge is 2.17. The minimum Gasteiger partial charge on any atom is -0.481 e. The van der Waals surface area contributed by atoms with Crippen molar-refractivity contribution in [3.8, 4) is 17.1 Å². The Balaban J connectivity index is 1.80. The Hall–Kier alpha value is -3.16. The summed E-state index contributed by atoms with van der Waals surface area (Å²) < 4.78 is 6.78. The molecule has 0 aliphatic heterocycles. The third-order valence-corrected chi connectivity index (χ3v) is 3.79. The van der Waals surface area contributed by atoms with Crippen LogP contribution in [0.2, 0.25) is 0 Å². The number of hydrogen-bond donors (Lipinski definition) is 2. The van der Waals surface area contributed by atoms with E-state index in [-0.39, 0.29) is 5.91 Å². The van der Waals surface area contributed by atoms with Crippen molar-refractivity contribution < 1.29 is 9.53 Å². The number of carbonyl (C=O) groups is 1. The zero-order chi connectivity index (χ0) is 17.3. The average Bonchev–Trinajstić information content (AvgIpc) is 3.13. The van der Waals surface area contributed by atoms with Gasteiger partial charge in [-0.15, -0.1) is 0 Å². The van der Waals surface area contributed by atoms with E-state index in [4.69, 9.17) is 4.74 Å². The number of aromatic nitrogens is 5. The number of pyridine rings is 1. The monoisotopic (exact) mass is 326 g/mol. The molecule has 0 aliphatic carbocycles. The van der Waals surface area contributed by atoms with Gasteiger partial charge in [0.15, 0.2) is 0 Å². The third kappa shape index (κ3) is 2.85. The Morgan fingerprint density at radius 2 is 2.12 bits per heavy atom. The van der Waals surface area contributed by atoms with E-state index in [0.717, 1.165) is 17.0 Å². The lowest BCUT2D eigenvalue weighted by Gasteiger charge is -2.03. The van der Waals surface area contributed by atoms with Crippen molar-refractivity contribution in [3.63, 3.8) is 0 Å². The van der Waals surface area contributed by atoms with Crippen LogP contribution < -0.4 is 10.1 Å².